The zero-order valence-corrected chi connectivity index (χ0v) is 77.0. The average Bonchev–Trinajstić information content (AvgIpc) is 0.925. The van der Waals surface area contributed by atoms with Crippen LogP contribution in [0.25, 0.3) is 44.3 Å². The summed E-state index contributed by atoms with van der Waals surface area (Å²) in [6, 6.07) is 72.2. The van der Waals surface area contributed by atoms with E-state index in [1.54, 1.807) is 22.0 Å². The second-order valence-corrected chi connectivity index (χ2v) is 31.6. The van der Waals surface area contributed by atoms with Crippen LogP contribution in [0.4, 0.5) is 0 Å². The van der Waals surface area contributed by atoms with E-state index in [9.17, 15) is 20.1 Å². The Morgan fingerprint density at radius 2 is 0.869 bits per heavy atom. The van der Waals surface area contributed by atoms with Gasteiger partial charge in [-0.1, -0.05) is 166 Å². The zero-order valence-electron chi connectivity index (χ0n) is 73.9. The molecule has 1 aliphatic carbocycles. The summed E-state index contributed by atoms with van der Waals surface area (Å²) in [4.78, 5) is 40.5. The maximum atomic E-state index is 10.4. The second-order valence-electron chi connectivity index (χ2n) is 31.2. The average molecular weight is 1850 g/mol. The van der Waals surface area contributed by atoms with E-state index >= 15 is 0 Å². The van der Waals surface area contributed by atoms with Gasteiger partial charge in [0.1, 0.15) is 50.0 Å². The van der Waals surface area contributed by atoms with Gasteiger partial charge in [-0.2, -0.15) is 20.7 Å². The van der Waals surface area contributed by atoms with Crippen LogP contribution < -0.4 is 20.1 Å². The third kappa shape index (κ3) is 29.8. The van der Waals surface area contributed by atoms with Crippen LogP contribution in [0.3, 0.4) is 0 Å². The minimum absolute atomic E-state index is 0. The minimum atomic E-state index is -1.44. The number of carbonyl (C=O) groups is 2. The summed E-state index contributed by atoms with van der Waals surface area (Å²) in [6.45, 7) is 42.1. The summed E-state index contributed by atoms with van der Waals surface area (Å²) in [5.74, 6) is -0.0263. The van der Waals surface area contributed by atoms with Crippen LogP contribution in [-0.4, -0.2) is 136 Å². The van der Waals surface area contributed by atoms with Crippen molar-refractivity contribution in [2.24, 2.45) is 5.41 Å². The van der Waals surface area contributed by atoms with E-state index in [1.165, 1.54) is 68.3 Å². The molecule has 11 rings (SSSR count). The Hall–Kier alpha value is -11.2. The third-order valence-electron chi connectivity index (χ3n) is 20.5. The summed E-state index contributed by atoms with van der Waals surface area (Å²) in [6.07, 6.45) is 9.38. The Kier molecular flexibility index (Phi) is 44.3. The van der Waals surface area contributed by atoms with Gasteiger partial charge in [0.15, 0.2) is 5.41 Å². The van der Waals surface area contributed by atoms with E-state index in [1.807, 2.05) is 122 Å². The SMILES string of the molecule is CC.CC/C(=C(\c1ccccc1)c1ccc(OCCN(C)C)cc1)c1ccccc1.CN(C)CCOc1ccc(/C(=C(/CCCl)c2ccccc2)c2ccccc2)cc1.O=C(O)C1(C(=O)O)CCC1.[C-]#[N+]C(C)(C)c1cc(Cn2cncn2)c(CNC)c(C(C)(C)C#N)c1.[C-]#[N+]C(C)(C)c1cc(Cn2cncn2)c(CNC)c(C(C)(C)C#N)c1.[NH2-].[NH2-].[Pt+2]. The van der Waals surface area contributed by atoms with Crippen molar-refractivity contribution in [3.63, 3.8) is 0 Å². The molecule has 0 aliphatic heterocycles. The van der Waals surface area contributed by atoms with Crippen LogP contribution >= 0.6 is 11.6 Å². The molecule has 0 unspecified atom stereocenters. The molecule has 22 nitrogen and oxygen atoms in total. The van der Waals surface area contributed by atoms with Crippen LogP contribution in [0.2, 0.25) is 0 Å². The van der Waals surface area contributed by atoms with E-state index in [0.717, 1.165) is 81.9 Å². The largest absolute Gasteiger partial charge is 2.00 e. The molecule has 1 aliphatic rings. The molecule has 2 aromatic heterocycles. The van der Waals surface area contributed by atoms with Gasteiger partial charge in [-0.25, -0.2) is 32.5 Å². The summed E-state index contributed by atoms with van der Waals surface area (Å²) < 4.78 is 15.3. The number of benzene rings is 8. The number of carboxylic acids is 2. The molecule has 2 heterocycles. The molecule has 24 heteroatoms. The fraction of sp³-hybridized carbons (Fsp3) is 0.367. The van der Waals surface area contributed by atoms with Gasteiger partial charge in [0.25, 0.3) is 11.1 Å². The molecule has 0 saturated heterocycles. The summed E-state index contributed by atoms with van der Waals surface area (Å²) in [5, 5.41) is 51.1. The third-order valence-corrected chi connectivity index (χ3v) is 20.7. The maximum Gasteiger partial charge on any atom is 2.00 e. The number of alkyl halides is 1. The van der Waals surface area contributed by atoms with E-state index < -0.39 is 39.3 Å². The number of ether oxygens (including phenoxy) is 2. The molecule has 1 fully saturated rings. The molecule has 0 atom stereocenters. The van der Waals surface area contributed by atoms with Gasteiger partial charge in [-0.05, 0) is 240 Å². The summed E-state index contributed by atoms with van der Waals surface area (Å²) in [7, 11) is 12.0. The summed E-state index contributed by atoms with van der Waals surface area (Å²) >= 11 is 6.21. The fourth-order valence-electron chi connectivity index (χ4n) is 13.3. The molecule has 1 saturated carbocycles. The number of rotatable bonds is 31. The topological polar surface area (TPSA) is 308 Å². The molecule has 8 N–H and O–H groups in total. The number of nitrogens with one attached hydrogen (secondary N) is 2. The van der Waals surface area contributed by atoms with Gasteiger partial charge < -0.3 is 62.1 Å². The molecule has 8 aromatic carbocycles. The molecule has 0 spiro atoms. The number of aliphatic carboxylic acids is 2. The molecule has 0 radical (unpaired) electrons. The van der Waals surface area contributed by atoms with Crippen LogP contribution in [0.1, 0.15) is 186 Å². The number of hydrogen-bond acceptors (Lipinski definition) is 14. The van der Waals surface area contributed by atoms with Crippen molar-refractivity contribution in [1.82, 2.24) is 50.0 Å². The van der Waals surface area contributed by atoms with Crippen molar-refractivity contribution < 1.29 is 50.3 Å². The zero-order chi connectivity index (χ0) is 87.4. The molecule has 122 heavy (non-hydrogen) atoms. The van der Waals surface area contributed by atoms with Gasteiger partial charge in [0.2, 0.25) is 0 Å². The number of carboxylic acid groups (broad SMARTS) is 2. The fourth-order valence-corrected chi connectivity index (χ4v) is 13.5. The Labute approximate surface area is 744 Å². The molecular weight excluding hydrogens is 1730 g/mol. The number of nitrogens with two attached hydrogens (primary N) is 2. The molecule has 648 valence electrons. The van der Waals surface area contributed by atoms with Gasteiger partial charge >= 0.3 is 33.0 Å². The molecule has 0 bridgehead atoms. The van der Waals surface area contributed by atoms with Crippen LogP contribution in [0.15, 0.2) is 219 Å². The predicted molar refractivity (Wildman–Crippen MR) is 491 cm³/mol. The van der Waals surface area contributed by atoms with Crippen LogP contribution in [0, 0.1) is 41.2 Å². The molecule has 0 amide bonds. The van der Waals surface area contributed by atoms with E-state index in [0.29, 0.717) is 51.7 Å². The number of nitriles is 2. The van der Waals surface area contributed by atoms with Crippen molar-refractivity contribution in [1.29, 1.82) is 10.5 Å². The van der Waals surface area contributed by atoms with Crippen molar-refractivity contribution in [3.8, 4) is 23.6 Å². The Morgan fingerprint density at radius 3 is 1.13 bits per heavy atom. The first-order valence-electron chi connectivity index (χ1n) is 40.3. The Morgan fingerprint density at radius 1 is 0.541 bits per heavy atom. The van der Waals surface area contributed by atoms with Crippen molar-refractivity contribution in [2.45, 2.75) is 156 Å². The van der Waals surface area contributed by atoms with E-state index in [-0.39, 0.29) is 46.2 Å². The van der Waals surface area contributed by atoms with Gasteiger partial charge in [-0.15, -0.1) is 11.6 Å². The minimum Gasteiger partial charge on any atom is -0.693 e. The summed E-state index contributed by atoms with van der Waals surface area (Å²) in [5.41, 5.74) is 16.3. The van der Waals surface area contributed by atoms with Crippen molar-refractivity contribution in [3.05, 3.63) is 332 Å². The smallest absolute Gasteiger partial charge is 0.693 e. The molecule has 10 aromatic rings. The number of hydrogen-bond donors (Lipinski definition) is 4. The monoisotopic (exact) mass is 1850 g/mol. The normalized spacial score (nSPS) is 12.2. The quantitative estimate of drug-likeness (QED) is 0.0136. The van der Waals surface area contributed by atoms with Crippen molar-refractivity contribution in [2.75, 3.05) is 74.5 Å². The number of nitrogens with zero attached hydrogens (tertiary/aromatic N) is 12. The van der Waals surface area contributed by atoms with Crippen LogP contribution in [0.5, 0.6) is 11.5 Å². The standard InChI is InChI=1S/C26H28ClNO.C26H29NO.2C19H24N6.C6H8O4.C2H6.2H2N.Pt/c1-28(2)19-20-29-24-15-13-23(14-16-24)26(22-11-7-4-8-12-22)25(17-18-27)21-9-5-3-6-10-21;1-4-25(21-11-7-5-8-12-21)26(22-13-9-6-10-14-22)23-15-17-24(18-16-23)28-20-19-27(2)3;2*1-18(2,11-20)17-8-15(19(3,4)22-6)7-14(16(17)9-21-5)10-25-13-23-12-24-25;7-4(8)6(5(9)10)2-1-3-6;1-2;;;/h3-16H,17-20H2,1-2H3;5-18H,4,19-20H2,1-3H3;2*7-8,12-13,21H,9-10H2,1-5H3;1-3H2,(H,7,8)(H,9,10);1-2H3;2*1H2;/q;;;;;;2*-1;+2/b2*26-25-;;;;;;;. The van der Waals surface area contributed by atoms with E-state index in [2.05, 4.69) is 253 Å². The first kappa shape index (κ1) is 105. The molecular formula is C98H123ClN16O6Pt. The number of likely N-dealkylation sites (N-methyl/N-ethyl adjacent to an activating group) is 2. The first-order valence-corrected chi connectivity index (χ1v) is 40.8. The number of aromatic nitrogens is 6. The van der Waals surface area contributed by atoms with Gasteiger partial charge in [0, 0.05) is 70.9 Å². The number of halogens is 1. The van der Waals surface area contributed by atoms with Gasteiger partial charge in [0.05, 0.1) is 36.1 Å². The number of allylic oxidation sites excluding steroid dienone is 2. The van der Waals surface area contributed by atoms with Crippen LogP contribution in [-0.2, 0) is 78.7 Å². The Balaban J connectivity index is 0.000000399. The second kappa shape index (κ2) is 51.5. The van der Waals surface area contributed by atoms with E-state index in [4.69, 9.17) is 44.4 Å². The maximum absolute atomic E-state index is 10.4. The van der Waals surface area contributed by atoms with Crippen molar-refractivity contribution >= 4 is 45.8 Å². The van der Waals surface area contributed by atoms with Gasteiger partial charge in [-0.3, -0.25) is 9.59 Å². The Bertz CT molecular complexity index is 4890. The first-order chi connectivity index (χ1) is 57.0. The predicted octanol–water partition coefficient (Wildman–Crippen LogP) is 21.0.